The second kappa shape index (κ2) is 2.41. The third-order valence-corrected chi connectivity index (χ3v) is 4.99. The zero-order valence-electron chi connectivity index (χ0n) is 5.84. The zero-order valence-corrected chi connectivity index (χ0v) is 7.48. The Morgan fingerprint density at radius 2 is 1.09 bits per heavy atom. The van der Waals surface area contributed by atoms with E-state index >= 15 is 0 Å². The summed E-state index contributed by atoms with van der Waals surface area (Å²) in [7, 11) is -9.60. The van der Waals surface area contributed by atoms with Crippen LogP contribution in [0.25, 0.3) is 0 Å². The molecule has 0 bridgehead atoms. The van der Waals surface area contributed by atoms with E-state index in [0.29, 0.717) is 13.8 Å². The molecule has 0 saturated heterocycles. The molecule has 0 aromatic heterocycles. The lowest BCUT2D eigenvalue weighted by molar-refractivity contribution is 0.435. The van der Waals surface area contributed by atoms with Crippen LogP contribution in [-0.4, -0.2) is 30.0 Å². The minimum atomic E-state index is -4.80. The molecule has 0 spiro atoms. The first-order chi connectivity index (χ1) is 4.50. The van der Waals surface area contributed by atoms with Gasteiger partial charge in [-0.2, -0.15) is 16.8 Å². The van der Waals surface area contributed by atoms with Gasteiger partial charge in [0.05, 0.1) is 0 Å². The van der Waals surface area contributed by atoms with Gasteiger partial charge in [0.2, 0.25) is 4.08 Å². The third-order valence-electron chi connectivity index (χ3n) is 1.24. The van der Waals surface area contributed by atoms with Crippen LogP contribution < -0.4 is 0 Å². The van der Waals surface area contributed by atoms with E-state index in [2.05, 4.69) is 0 Å². The van der Waals surface area contributed by atoms with Gasteiger partial charge in [-0.15, -0.1) is 0 Å². The number of hydrogen-bond donors (Lipinski definition) is 2. The Hall–Kier alpha value is -0.180. The fourth-order valence-corrected chi connectivity index (χ4v) is 1.20. The molecule has 0 saturated carbocycles. The monoisotopic (exact) mass is 204 g/mol. The molecule has 0 amide bonds. The van der Waals surface area contributed by atoms with Crippen molar-refractivity contribution in [1.29, 1.82) is 0 Å². The maximum absolute atomic E-state index is 10.3. The highest BCUT2D eigenvalue weighted by Crippen LogP contribution is 2.20. The van der Waals surface area contributed by atoms with Gasteiger partial charge < -0.3 is 0 Å². The largest absolute Gasteiger partial charge is 0.287 e. The van der Waals surface area contributed by atoms with Crippen LogP contribution in [0.15, 0.2) is 0 Å². The molecule has 0 heterocycles. The first kappa shape index (κ1) is 10.8. The highest BCUT2D eigenvalue weighted by atomic mass is 32.3. The Morgan fingerprint density at radius 1 is 0.909 bits per heavy atom. The maximum Gasteiger partial charge on any atom is 0.287 e. The van der Waals surface area contributed by atoms with E-state index in [4.69, 9.17) is 9.11 Å². The van der Waals surface area contributed by atoms with Gasteiger partial charge in [-0.3, -0.25) is 9.11 Å². The normalized spacial score (nSPS) is 14.9. The summed E-state index contributed by atoms with van der Waals surface area (Å²) in [5.74, 6) is 0. The molecular weight excluding hydrogens is 196 g/mol. The van der Waals surface area contributed by atoms with Crippen LogP contribution in [0.1, 0.15) is 13.8 Å². The van der Waals surface area contributed by atoms with Crippen molar-refractivity contribution in [2.24, 2.45) is 0 Å². The van der Waals surface area contributed by atoms with Crippen LogP contribution in [0.5, 0.6) is 0 Å². The molecule has 0 aromatic carbocycles. The van der Waals surface area contributed by atoms with E-state index in [1.54, 1.807) is 0 Å². The smallest absolute Gasteiger partial charge is 0.284 e. The molecule has 0 radical (unpaired) electrons. The Morgan fingerprint density at radius 3 is 1.09 bits per heavy atom. The van der Waals surface area contributed by atoms with E-state index in [9.17, 15) is 16.8 Å². The molecule has 6 nitrogen and oxygen atoms in total. The highest BCUT2D eigenvalue weighted by Gasteiger charge is 2.45. The van der Waals surface area contributed by atoms with E-state index in [1.165, 1.54) is 0 Å². The summed E-state index contributed by atoms with van der Waals surface area (Å²) in [5.41, 5.74) is 0. The molecular formula is C3H8O6S2. The molecule has 0 aromatic rings. The lowest BCUT2D eigenvalue weighted by Gasteiger charge is -2.15. The van der Waals surface area contributed by atoms with Gasteiger partial charge in [-0.05, 0) is 13.8 Å². The summed E-state index contributed by atoms with van der Waals surface area (Å²) in [6.07, 6.45) is 0. The molecule has 8 heteroatoms. The fraction of sp³-hybridized carbons (Fsp3) is 1.00. The van der Waals surface area contributed by atoms with Crippen molar-refractivity contribution in [3.05, 3.63) is 0 Å². The second-order valence-corrected chi connectivity index (χ2v) is 6.55. The summed E-state index contributed by atoms with van der Waals surface area (Å²) < 4.78 is 55.3. The lowest BCUT2D eigenvalue weighted by Crippen LogP contribution is -2.39. The summed E-state index contributed by atoms with van der Waals surface area (Å²) in [6, 6.07) is 0. The summed E-state index contributed by atoms with van der Waals surface area (Å²) in [5, 5.41) is 0. The van der Waals surface area contributed by atoms with E-state index in [0.717, 1.165) is 0 Å². The standard InChI is InChI=1S/C3H8O6S2/c1-3(2,10(4,5)6)11(7,8)9/h1-2H3,(H,4,5,6)(H,7,8,9). The second-order valence-electron chi connectivity index (χ2n) is 2.35. The van der Waals surface area contributed by atoms with Crippen LogP contribution in [0.2, 0.25) is 0 Å². The van der Waals surface area contributed by atoms with E-state index < -0.39 is 24.3 Å². The molecule has 0 aliphatic rings. The molecule has 0 aliphatic carbocycles. The van der Waals surface area contributed by atoms with Crippen LogP contribution in [0.3, 0.4) is 0 Å². The van der Waals surface area contributed by atoms with Crippen LogP contribution in [-0.2, 0) is 20.2 Å². The minimum absolute atomic E-state index is 0.678. The molecule has 68 valence electrons. The van der Waals surface area contributed by atoms with Crippen LogP contribution >= 0.6 is 0 Å². The Labute approximate surface area is 64.7 Å². The predicted molar refractivity (Wildman–Crippen MR) is 37.2 cm³/mol. The first-order valence-electron chi connectivity index (χ1n) is 2.44. The summed E-state index contributed by atoms with van der Waals surface area (Å²) in [4.78, 5) is 0. The average molecular weight is 204 g/mol. The molecule has 11 heavy (non-hydrogen) atoms. The zero-order chi connectivity index (χ0) is 9.50. The SMILES string of the molecule is CC(C)(S(=O)(=O)O)S(=O)(=O)O. The van der Waals surface area contributed by atoms with Gasteiger partial charge in [0.1, 0.15) is 0 Å². The molecule has 0 fully saturated rings. The molecule has 0 rings (SSSR count). The van der Waals surface area contributed by atoms with Gasteiger partial charge >= 0.3 is 0 Å². The average Bonchev–Trinajstić information content (AvgIpc) is 1.58. The van der Waals surface area contributed by atoms with Crippen LogP contribution in [0, 0.1) is 0 Å². The van der Waals surface area contributed by atoms with Crippen molar-refractivity contribution in [1.82, 2.24) is 0 Å². The van der Waals surface area contributed by atoms with Crippen molar-refractivity contribution < 1.29 is 25.9 Å². The number of hydrogen-bond acceptors (Lipinski definition) is 4. The Kier molecular flexibility index (Phi) is 2.37. The van der Waals surface area contributed by atoms with E-state index in [-0.39, 0.29) is 0 Å². The molecule has 0 aliphatic heterocycles. The highest BCUT2D eigenvalue weighted by molar-refractivity contribution is 8.05. The Bertz CT molecular complexity index is 298. The van der Waals surface area contributed by atoms with Gasteiger partial charge in [0, 0.05) is 0 Å². The fourth-order valence-electron chi connectivity index (χ4n) is 0.133. The number of rotatable bonds is 2. The van der Waals surface area contributed by atoms with Crippen molar-refractivity contribution >= 4 is 20.2 Å². The maximum atomic E-state index is 10.3. The van der Waals surface area contributed by atoms with Crippen LogP contribution in [0.4, 0.5) is 0 Å². The first-order valence-corrected chi connectivity index (χ1v) is 5.32. The predicted octanol–water partition coefficient (Wildman–Crippen LogP) is -0.502. The van der Waals surface area contributed by atoms with Gasteiger partial charge in [0.25, 0.3) is 20.2 Å². The van der Waals surface area contributed by atoms with Gasteiger partial charge in [-0.1, -0.05) is 0 Å². The topological polar surface area (TPSA) is 109 Å². The van der Waals surface area contributed by atoms with Crippen molar-refractivity contribution in [2.45, 2.75) is 17.9 Å². The van der Waals surface area contributed by atoms with Gasteiger partial charge in [-0.25, -0.2) is 0 Å². The van der Waals surface area contributed by atoms with Crippen molar-refractivity contribution in [3.63, 3.8) is 0 Å². The van der Waals surface area contributed by atoms with Crippen molar-refractivity contribution in [2.75, 3.05) is 0 Å². The minimum Gasteiger partial charge on any atom is -0.284 e. The summed E-state index contributed by atoms with van der Waals surface area (Å²) >= 11 is 0. The lowest BCUT2D eigenvalue weighted by atomic mass is 10.5. The van der Waals surface area contributed by atoms with Crippen molar-refractivity contribution in [3.8, 4) is 0 Å². The molecule has 0 atom stereocenters. The quantitative estimate of drug-likeness (QED) is 0.587. The summed E-state index contributed by atoms with van der Waals surface area (Å²) in [6.45, 7) is 1.36. The van der Waals surface area contributed by atoms with Gasteiger partial charge in [0.15, 0.2) is 0 Å². The molecule has 2 N–H and O–H groups in total. The van der Waals surface area contributed by atoms with E-state index in [1.807, 2.05) is 0 Å². The third kappa shape index (κ3) is 1.89. The Balaban J connectivity index is 5.45. The molecule has 0 unspecified atom stereocenters.